The molecule has 17 heavy (non-hydrogen) atoms. The van der Waals surface area contributed by atoms with E-state index in [4.69, 9.17) is 4.74 Å². The zero-order valence-corrected chi connectivity index (χ0v) is 10.5. The van der Waals surface area contributed by atoms with Crippen molar-refractivity contribution < 1.29 is 9.53 Å². The molecule has 0 amide bonds. The van der Waals surface area contributed by atoms with Crippen LogP contribution in [-0.2, 0) is 0 Å². The molecule has 1 unspecified atom stereocenters. The van der Waals surface area contributed by atoms with Gasteiger partial charge >= 0.3 is 0 Å². The number of carbonyl (C=O) groups is 1. The quantitative estimate of drug-likeness (QED) is 0.747. The van der Waals surface area contributed by atoms with Gasteiger partial charge in [0.25, 0.3) is 0 Å². The minimum atomic E-state index is 0.179. The van der Waals surface area contributed by atoms with Gasteiger partial charge in [0.15, 0.2) is 5.78 Å². The van der Waals surface area contributed by atoms with Crippen molar-refractivity contribution in [3.63, 3.8) is 0 Å². The Morgan fingerprint density at radius 3 is 3.00 bits per heavy atom. The molecule has 1 heterocycles. The van der Waals surface area contributed by atoms with Crippen LogP contribution in [0.1, 0.15) is 23.7 Å². The topological polar surface area (TPSA) is 29.5 Å². The summed E-state index contributed by atoms with van der Waals surface area (Å²) in [5.74, 6) is 1.64. The van der Waals surface area contributed by atoms with Crippen LogP contribution in [0.2, 0.25) is 0 Å². The van der Waals surface area contributed by atoms with Crippen LogP contribution in [0.4, 0.5) is 0 Å². The van der Waals surface area contributed by atoms with E-state index in [-0.39, 0.29) is 5.78 Å². The molecule has 1 aromatic carbocycles. The van der Waals surface area contributed by atoms with Crippen molar-refractivity contribution in [2.24, 2.45) is 5.92 Å². The Hall–Kier alpha value is -1.35. The van der Waals surface area contributed by atoms with E-state index < -0.39 is 0 Å². The molecule has 0 aliphatic carbocycles. The Bertz CT molecular complexity index is 403. The number of benzene rings is 1. The van der Waals surface area contributed by atoms with E-state index >= 15 is 0 Å². The summed E-state index contributed by atoms with van der Waals surface area (Å²) in [6.45, 7) is 4.83. The molecule has 0 aromatic heterocycles. The molecule has 2 rings (SSSR count). The molecule has 92 valence electrons. The summed E-state index contributed by atoms with van der Waals surface area (Å²) in [5, 5.41) is 0. The van der Waals surface area contributed by atoms with Gasteiger partial charge in [-0.3, -0.25) is 9.69 Å². The number of likely N-dealkylation sites (tertiary alicyclic amines) is 1. The van der Waals surface area contributed by atoms with Crippen molar-refractivity contribution in [1.29, 1.82) is 0 Å². The number of ether oxygens (including phenoxy) is 1. The van der Waals surface area contributed by atoms with E-state index in [1.165, 1.54) is 6.42 Å². The highest BCUT2D eigenvalue weighted by molar-refractivity contribution is 5.97. The first-order chi connectivity index (χ1) is 8.19. The summed E-state index contributed by atoms with van der Waals surface area (Å²) in [5.41, 5.74) is 0.740. The molecule has 0 bridgehead atoms. The molecule has 1 aliphatic heterocycles. The van der Waals surface area contributed by atoms with Crippen molar-refractivity contribution in [2.45, 2.75) is 13.3 Å². The third kappa shape index (κ3) is 3.07. The lowest BCUT2D eigenvalue weighted by atomic mass is 10.1. The Morgan fingerprint density at radius 1 is 1.53 bits per heavy atom. The van der Waals surface area contributed by atoms with Gasteiger partial charge in [-0.25, -0.2) is 0 Å². The normalized spacial score (nSPS) is 20.5. The van der Waals surface area contributed by atoms with Gasteiger partial charge < -0.3 is 4.74 Å². The van der Waals surface area contributed by atoms with E-state index in [9.17, 15) is 4.79 Å². The summed E-state index contributed by atoms with van der Waals surface area (Å²) < 4.78 is 5.13. The molecule has 3 heteroatoms. The number of hydrogen-bond acceptors (Lipinski definition) is 3. The van der Waals surface area contributed by atoms with Crippen LogP contribution in [0.25, 0.3) is 0 Å². The van der Waals surface area contributed by atoms with Crippen LogP contribution >= 0.6 is 0 Å². The minimum absolute atomic E-state index is 0.179. The predicted octanol–water partition coefficient (Wildman–Crippen LogP) is 2.22. The van der Waals surface area contributed by atoms with Gasteiger partial charge in [0, 0.05) is 12.1 Å². The molecular weight excluding hydrogens is 214 g/mol. The van der Waals surface area contributed by atoms with Gasteiger partial charge in [0.05, 0.1) is 13.7 Å². The lowest BCUT2D eigenvalue weighted by Gasteiger charge is -2.14. The predicted molar refractivity (Wildman–Crippen MR) is 67.5 cm³/mol. The van der Waals surface area contributed by atoms with Gasteiger partial charge in [-0.2, -0.15) is 0 Å². The summed E-state index contributed by atoms with van der Waals surface area (Å²) in [7, 11) is 1.62. The first kappa shape index (κ1) is 12.1. The largest absolute Gasteiger partial charge is 0.497 e. The molecule has 0 N–H and O–H groups in total. The number of methoxy groups -OCH3 is 1. The van der Waals surface area contributed by atoms with Crippen LogP contribution in [0, 0.1) is 5.92 Å². The average molecular weight is 233 g/mol. The zero-order valence-electron chi connectivity index (χ0n) is 10.5. The van der Waals surface area contributed by atoms with E-state index in [0.29, 0.717) is 12.5 Å². The number of Topliss-reactive ketones (excluding diaryl/α,β-unsaturated/α-hetero) is 1. The molecule has 0 saturated carbocycles. The van der Waals surface area contributed by atoms with E-state index in [1.54, 1.807) is 7.11 Å². The third-order valence-corrected chi connectivity index (χ3v) is 3.27. The van der Waals surface area contributed by atoms with Crippen LogP contribution in [0.15, 0.2) is 24.3 Å². The molecule has 1 saturated heterocycles. The van der Waals surface area contributed by atoms with Crippen LogP contribution < -0.4 is 4.74 Å². The van der Waals surface area contributed by atoms with Crippen molar-refractivity contribution in [3.8, 4) is 5.75 Å². The lowest BCUT2D eigenvalue weighted by Crippen LogP contribution is -2.27. The Morgan fingerprint density at radius 2 is 2.35 bits per heavy atom. The molecule has 3 nitrogen and oxygen atoms in total. The highest BCUT2D eigenvalue weighted by Gasteiger charge is 2.21. The van der Waals surface area contributed by atoms with E-state index in [1.807, 2.05) is 24.3 Å². The van der Waals surface area contributed by atoms with Gasteiger partial charge in [-0.15, -0.1) is 0 Å². The fraction of sp³-hybridized carbons (Fsp3) is 0.500. The third-order valence-electron chi connectivity index (χ3n) is 3.27. The summed E-state index contributed by atoms with van der Waals surface area (Å²) in [6, 6.07) is 7.37. The van der Waals surface area contributed by atoms with Crippen LogP contribution in [-0.4, -0.2) is 37.4 Å². The number of rotatable bonds is 4. The number of hydrogen-bond donors (Lipinski definition) is 0. The van der Waals surface area contributed by atoms with Crippen molar-refractivity contribution in [3.05, 3.63) is 29.8 Å². The van der Waals surface area contributed by atoms with Gasteiger partial charge in [-0.1, -0.05) is 19.1 Å². The molecular formula is C14H19NO2. The van der Waals surface area contributed by atoms with E-state index in [0.717, 1.165) is 24.4 Å². The zero-order chi connectivity index (χ0) is 12.3. The van der Waals surface area contributed by atoms with Gasteiger partial charge in [0.1, 0.15) is 5.75 Å². The summed E-state index contributed by atoms with van der Waals surface area (Å²) in [6.07, 6.45) is 1.20. The molecule has 1 atom stereocenters. The SMILES string of the molecule is COc1cccc(C(=O)CN2CCC(C)C2)c1. The highest BCUT2D eigenvalue weighted by Crippen LogP contribution is 2.17. The number of ketones is 1. The second-order valence-electron chi connectivity index (χ2n) is 4.78. The van der Waals surface area contributed by atoms with Crippen molar-refractivity contribution >= 4 is 5.78 Å². The highest BCUT2D eigenvalue weighted by atomic mass is 16.5. The number of nitrogens with zero attached hydrogens (tertiary/aromatic N) is 1. The van der Waals surface area contributed by atoms with Crippen LogP contribution in [0.3, 0.4) is 0 Å². The van der Waals surface area contributed by atoms with Gasteiger partial charge in [-0.05, 0) is 31.0 Å². The first-order valence-corrected chi connectivity index (χ1v) is 6.08. The standard InChI is InChI=1S/C14H19NO2/c1-11-6-7-15(9-11)10-14(16)12-4-3-5-13(8-12)17-2/h3-5,8,11H,6-7,9-10H2,1-2H3. The molecule has 1 aromatic rings. The average Bonchev–Trinajstić information content (AvgIpc) is 2.75. The maximum atomic E-state index is 12.1. The second kappa shape index (κ2) is 5.32. The monoisotopic (exact) mass is 233 g/mol. The Kier molecular flexibility index (Phi) is 3.79. The number of carbonyl (C=O) groups excluding carboxylic acids is 1. The molecule has 1 aliphatic rings. The smallest absolute Gasteiger partial charge is 0.176 e. The Balaban J connectivity index is 1.99. The van der Waals surface area contributed by atoms with Crippen LogP contribution in [0.5, 0.6) is 5.75 Å². The Labute approximate surface area is 102 Å². The molecule has 0 radical (unpaired) electrons. The maximum Gasteiger partial charge on any atom is 0.176 e. The fourth-order valence-electron chi connectivity index (χ4n) is 2.26. The first-order valence-electron chi connectivity index (χ1n) is 6.08. The summed E-state index contributed by atoms with van der Waals surface area (Å²) in [4.78, 5) is 14.3. The van der Waals surface area contributed by atoms with Crippen molar-refractivity contribution in [2.75, 3.05) is 26.7 Å². The maximum absolute atomic E-state index is 12.1. The lowest BCUT2D eigenvalue weighted by molar-refractivity contribution is 0.0943. The van der Waals surface area contributed by atoms with E-state index in [2.05, 4.69) is 11.8 Å². The fourth-order valence-corrected chi connectivity index (χ4v) is 2.26. The van der Waals surface area contributed by atoms with Crippen molar-refractivity contribution in [1.82, 2.24) is 4.90 Å². The second-order valence-corrected chi connectivity index (χ2v) is 4.78. The summed E-state index contributed by atoms with van der Waals surface area (Å²) >= 11 is 0. The molecule has 0 spiro atoms. The minimum Gasteiger partial charge on any atom is -0.497 e. The van der Waals surface area contributed by atoms with Gasteiger partial charge in [0.2, 0.25) is 0 Å². The molecule has 1 fully saturated rings.